The molecule has 2 aromatic heterocycles. The quantitative estimate of drug-likeness (QED) is 0.763. The molecule has 2 aliphatic heterocycles. The Balaban J connectivity index is 1.53. The summed E-state index contributed by atoms with van der Waals surface area (Å²) < 4.78 is 2.73. The number of rotatable bonds is 1. The lowest BCUT2D eigenvalue weighted by Gasteiger charge is -2.36. The highest BCUT2D eigenvalue weighted by Gasteiger charge is 2.59. The van der Waals surface area contributed by atoms with Crippen LogP contribution in [0.3, 0.4) is 0 Å². The van der Waals surface area contributed by atoms with Gasteiger partial charge in [0.2, 0.25) is 5.91 Å². The summed E-state index contributed by atoms with van der Waals surface area (Å²) in [4.78, 5) is 23.2. The lowest BCUT2D eigenvalue weighted by Crippen LogP contribution is -2.43. The van der Waals surface area contributed by atoms with E-state index >= 15 is 0 Å². The number of halogens is 2. The minimum atomic E-state index is 0.259. The average molecular weight is 382 g/mol. The maximum Gasteiger partial charge on any atom is 0.226 e. The van der Waals surface area contributed by atoms with Crippen molar-refractivity contribution < 1.29 is 4.79 Å². The van der Waals surface area contributed by atoms with Gasteiger partial charge >= 0.3 is 0 Å². The molecule has 22 heavy (non-hydrogen) atoms. The largest absolute Gasteiger partial charge is 0.338 e. The summed E-state index contributed by atoms with van der Waals surface area (Å²) in [6, 6.07) is 0.480. The van der Waals surface area contributed by atoms with Gasteiger partial charge in [0.1, 0.15) is 15.9 Å². The van der Waals surface area contributed by atoms with E-state index < -0.39 is 0 Å². The van der Waals surface area contributed by atoms with Crippen molar-refractivity contribution in [2.75, 3.05) is 6.54 Å². The number of imidazole rings is 1. The highest BCUT2D eigenvalue weighted by atomic mass is 79.9. The summed E-state index contributed by atoms with van der Waals surface area (Å²) in [6.45, 7) is 0.780. The first-order valence-electron chi connectivity index (χ1n) is 7.63. The van der Waals surface area contributed by atoms with Gasteiger partial charge in [0.25, 0.3) is 0 Å². The molecule has 0 spiro atoms. The van der Waals surface area contributed by atoms with Crippen LogP contribution in [0.2, 0.25) is 5.15 Å². The van der Waals surface area contributed by atoms with Crippen LogP contribution in [0.5, 0.6) is 0 Å². The number of hydrogen-bond donors (Lipinski definition) is 0. The van der Waals surface area contributed by atoms with E-state index in [1.165, 1.54) is 0 Å². The van der Waals surface area contributed by atoms with E-state index in [0.717, 1.165) is 41.8 Å². The second-order valence-corrected chi connectivity index (χ2v) is 7.64. The molecule has 2 aromatic rings. The molecular weight excluding hydrogens is 368 g/mol. The maximum absolute atomic E-state index is 12.3. The van der Waals surface area contributed by atoms with Crippen LogP contribution in [-0.2, 0) is 4.79 Å². The molecule has 1 saturated carbocycles. The Kier molecular flexibility index (Phi) is 2.69. The first-order valence-corrected chi connectivity index (χ1v) is 8.80. The minimum absolute atomic E-state index is 0.259. The van der Waals surface area contributed by atoms with E-state index in [9.17, 15) is 4.79 Å². The van der Waals surface area contributed by atoms with Crippen molar-refractivity contribution in [3.05, 3.63) is 28.0 Å². The van der Waals surface area contributed by atoms with Crippen LogP contribution in [0, 0.1) is 11.8 Å². The van der Waals surface area contributed by atoms with Gasteiger partial charge in [-0.2, -0.15) is 0 Å². The van der Waals surface area contributed by atoms with Crippen LogP contribution >= 0.6 is 27.5 Å². The Morgan fingerprint density at radius 2 is 2.23 bits per heavy atom. The van der Waals surface area contributed by atoms with E-state index in [1.807, 2.05) is 10.6 Å². The van der Waals surface area contributed by atoms with E-state index in [-0.39, 0.29) is 5.92 Å². The van der Waals surface area contributed by atoms with Crippen molar-refractivity contribution in [2.45, 2.75) is 31.2 Å². The molecule has 3 aliphatic rings. The Morgan fingerprint density at radius 1 is 1.36 bits per heavy atom. The number of piperidine rings is 2. The number of nitrogens with zero attached hydrogens (tertiary/aromatic N) is 4. The van der Waals surface area contributed by atoms with Crippen LogP contribution in [0.25, 0.3) is 5.52 Å². The number of carbonyl (C=O) groups is 1. The molecule has 2 saturated heterocycles. The Hall–Kier alpha value is -1.14. The van der Waals surface area contributed by atoms with Crippen molar-refractivity contribution in [3.63, 3.8) is 0 Å². The van der Waals surface area contributed by atoms with Crippen molar-refractivity contribution in [1.82, 2.24) is 19.3 Å². The summed E-state index contributed by atoms with van der Waals surface area (Å²) in [6.07, 6.45) is 6.86. The molecule has 5 rings (SSSR count). The number of amides is 1. The molecule has 5 nitrogen and oxygen atoms in total. The van der Waals surface area contributed by atoms with Crippen LogP contribution in [0.1, 0.15) is 31.0 Å². The molecule has 0 bridgehead atoms. The van der Waals surface area contributed by atoms with Crippen LogP contribution in [-0.4, -0.2) is 37.8 Å². The molecule has 4 heterocycles. The van der Waals surface area contributed by atoms with E-state index in [2.05, 4.69) is 30.8 Å². The summed E-state index contributed by atoms with van der Waals surface area (Å²) in [7, 11) is 0. The van der Waals surface area contributed by atoms with Crippen molar-refractivity contribution in [3.8, 4) is 0 Å². The first kappa shape index (κ1) is 13.3. The maximum atomic E-state index is 12.3. The molecule has 4 unspecified atom stereocenters. The molecule has 0 N–H and O–H groups in total. The normalized spacial score (nSPS) is 33.2. The Morgan fingerprint density at radius 3 is 3.09 bits per heavy atom. The number of carbonyl (C=O) groups excluding carboxylic acids is 1. The lowest BCUT2D eigenvalue weighted by molar-refractivity contribution is -0.132. The fourth-order valence-electron chi connectivity index (χ4n) is 4.31. The van der Waals surface area contributed by atoms with Gasteiger partial charge in [0.15, 0.2) is 5.15 Å². The molecule has 0 radical (unpaired) electrons. The van der Waals surface area contributed by atoms with Gasteiger partial charge in [-0.05, 0) is 41.1 Å². The Labute approximate surface area is 140 Å². The summed E-state index contributed by atoms with van der Waals surface area (Å²) in [5.41, 5.74) is 0.803. The smallest absolute Gasteiger partial charge is 0.226 e. The zero-order chi connectivity index (χ0) is 15.0. The lowest BCUT2D eigenvalue weighted by atomic mass is 9.91. The third-order valence-electron chi connectivity index (χ3n) is 5.42. The van der Waals surface area contributed by atoms with Gasteiger partial charge in [-0.1, -0.05) is 11.6 Å². The number of fused-ring (bicyclic) bond motifs is 4. The zero-order valence-corrected chi connectivity index (χ0v) is 14.1. The van der Waals surface area contributed by atoms with Crippen LogP contribution < -0.4 is 0 Å². The highest BCUT2D eigenvalue weighted by Crippen LogP contribution is 2.54. The van der Waals surface area contributed by atoms with Gasteiger partial charge in [-0.15, -0.1) is 0 Å². The molecule has 7 heteroatoms. The number of hydrogen-bond acceptors (Lipinski definition) is 3. The summed E-state index contributed by atoms with van der Waals surface area (Å²) in [5, 5.41) is 0.445. The average Bonchev–Trinajstić information content (AvgIpc) is 3.17. The molecule has 4 atom stereocenters. The van der Waals surface area contributed by atoms with Gasteiger partial charge in [0.05, 0.1) is 0 Å². The molecule has 3 fully saturated rings. The first-order chi connectivity index (χ1) is 10.6. The standard InChI is InChI=1S/C15H14BrClN4O/c16-12-11-13(17)18-3-4-20(11)14(19-12)7-1-2-10-8-5-9(8)15(22)21(10)6-7/h3-4,7-10H,1-2,5-6H2. The fraction of sp³-hybridized carbons (Fsp3) is 0.533. The van der Waals surface area contributed by atoms with Gasteiger partial charge < -0.3 is 4.90 Å². The van der Waals surface area contributed by atoms with Crippen LogP contribution in [0.4, 0.5) is 0 Å². The third-order valence-corrected chi connectivity index (χ3v) is 6.25. The topological polar surface area (TPSA) is 50.5 Å². The second kappa shape index (κ2) is 4.45. The second-order valence-electron chi connectivity index (χ2n) is 6.54. The van der Waals surface area contributed by atoms with Gasteiger partial charge in [-0.3, -0.25) is 9.20 Å². The van der Waals surface area contributed by atoms with E-state index in [4.69, 9.17) is 11.6 Å². The number of aromatic nitrogens is 3. The molecule has 1 aliphatic carbocycles. The van der Waals surface area contributed by atoms with Gasteiger partial charge in [-0.25, -0.2) is 9.97 Å². The highest BCUT2D eigenvalue weighted by molar-refractivity contribution is 9.10. The molecular formula is C15H14BrClN4O. The van der Waals surface area contributed by atoms with Crippen molar-refractivity contribution in [1.29, 1.82) is 0 Å². The third kappa shape index (κ3) is 1.68. The fourth-order valence-corrected chi connectivity index (χ4v) is 5.22. The van der Waals surface area contributed by atoms with E-state index in [1.54, 1.807) is 6.20 Å². The van der Waals surface area contributed by atoms with E-state index in [0.29, 0.717) is 28.9 Å². The van der Waals surface area contributed by atoms with Crippen molar-refractivity contribution in [2.24, 2.45) is 11.8 Å². The molecule has 114 valence electrons. The minimum Gasteiger partial charge on any atom is -0.338 e. The summed E-state index contributed by atoms with van der Waals surface area (Å²) >= 11 is 9.67. The van der Waals surface area contributed by atoms with Crippen molar-refractivity contribution >= 4 is 39.0 Å². The summed E-state index contributed by atoms with van der Waals surface area (Å²) in [5.74, 6) is 2.55. The predicted molar refractivity (Wildman–Crippen MR) is 84.8 cm³/mol. The predicted octanol–water partition coefficient (Wildman–Crippen LogP) is 2.87. The molecule has 1 amide bonds. The zero-order valence-electron chi connectivity index (χ0n) is 11.7. The Bertz CT molecular complexity index is 806. The monoisotopic (exact) mass is 380 g/mol. The van der Waals surface area contributed by atoms with Crippen LogP contribution in [0.15, 0.2) is 17.0 Å². The van der Waals surface area contributed by atoms with Gasteiger partial charge in [0, 0.05) is 36.8 Å². The molecule has 0 aromatic carbocycles. The SMILES string of the molecule is O=C1C2CC2C2CCC(c3nc(Br)c4c(Cl)nccn34)CN12.